The van der Waals surface area contributed by atoms with Crippen molar-refractivity contribution in [3.63, 3.8) is 0 Å². The Hall–Kier alpha value is -2.27. The minimum Gasteiger partial charge on any atom is -0.356 e. The van der Waals surface area contributed by atoms with E-state index < -0.39 is 0 Å². The molecular formula is C12H9ClN4O. The van der Waals surface area contributed by atoms with Gasteiger partial charge in [0.1, 0.15) is 5.69 Å². The van der Waals surface area contributed by atoms with E-state index in [4.69, 9.17) is 11.6 Å². The standard InChI is InChI=1S/C12H9ClN4O/c13-7-5-10(14-6-7)12(18)15-11-8-3-1-2-4-9(8)16-17-11/h1-6,14H,(H2,15,16,17,18). The number of nitrogens with one attached hydrogen (secondary N) is 3. The molecule has 3 aromatic rings. The van der Waals surface area contributed by atoms with Crippen molar-refractivity contribution in [2.45, 2.75) is 0 Å². The van der Waals surface area contributed by atoms with E-state index in [1.165, 1.54) is 0 Å². The molecule has 0 bridgehead atoms. The summed E-state index contributed by atoms with van der Waals surface area (Å²) >= 11 is 5.75. The zero-order chi connectivity index (χ0) is 12.5. The molecule has 0 aliphatic rings. The maximum atomic E-state index is 11.9. The van der Waals surface area contributed by atoms with Crippen LogP contribution in [0.1, 0.15) is 10.5 Å². The van der Waals surface area contributed by atoms with Crippen molar-refractivity contribution in [2.75, 3.05) is 5.32 Å². The maximum absolute atomic E-state index is 11.9. The molecule has 0 fully saturated rings. The molecule has 0 spiro atoms. The van der Waals surface area contributed by atoms with Crippen LogP contribution in [-0.2, 0) is 0 Å². The third-order valence-corrected chi connectivity index (χ3v) is 2.81. The third-order valence-electron chi connectivity index (χ3n) is 2.59. The monoisotopic (exact) mass is 260 g/mol. The number of fused-ring (bicyclic) bond motifs is 1. The van der Waals surface area contributed by atoms with Crippen LogP contribution in [0, 0.1) is 0 Å². The number of carbonyl (C=O) groups excluding carboxylic acids is 1. The van der Waals surface area contributed by atoms with Gasteiger partial charge in [-0.1, -0.05) is 23.7 Å². The highest BCUT2D eigenvalue weighted by Gasteiger charge is 2.12. The van der Waals surface area contributed by atoms with Crippen LogP contribution in [0.5, 0.6) is 0 Å². The summed E-state index contributed by atoms with van der Waals surface area (Å²) in [5, 5.41) is 11.0. The van der Waals surface area contributed by atoms with Gasteiger partial charge < -0.3 is 10.3 Å². The van der Waals surface area contributed by atoms with Gasteiger partial charge in [-0.2, -0.15) is 5.10 Å². The number of rotatable bonds is 2. The lowest BCUT2D eigenvalue weighted by Gasteiger charge is -1.99. The predicted octanol–water partition coefficient (Wildman–Crippen LogP) is 2.80. The summed E-state index contributed by atoms with van der Waals surface area (Å²) in [6, 6.07) is 9.13. The Morgan fingerprint density at radius 1 is 1.33 bits per heavy atom. The molecule has 18 heavy (non-hydrogen) atoms. The highest BCUT2D eigenvalue weighted by Crippen LogP contribution is 2.20. The summed E-state index contributed by atoms with van der Waals surface area (Å²) in [4.78, 5) is 14.7. The molecule has 0 aliphatic carbocycles. The molecule has 3 N–H and O–H groups in total. The van der Waals surface area contributed by atoms with Gasteiger partial charge in [0.25, 0.3) is 5.91 Å². The molecule has 2 aromatic heterocycles. The Kier molecular flexibility index (Phi) is 2.53. The first-order valence-electron chi connectivity index (χ1n) is 5.32. The number of anilines is 1. The molecule has 1 amide bonds. The van der Waals surface area contributed by atoms with Crippen LogP contribution in [0.25, 0.3) is 10.9 Å². The topological polar surface area (TPSA) is 73.6 Å². The van der Waals surface area contributed by atoms with Crippen molar-refractivity contribution >= 4 is 34.2 Å². The number of aromatic amines is 2. The number of halogens is 1. The molecule has 3 rings (SSSR count). The van der Waals surface area contributed by atoms with Crippen LogP contribution < -0.4 is 5.32 Å². The van der Waals surface area contributed by atoms with Gasteiger partial charge >= 0.3 is 0 Å². The normalized spacial score (nSPS) is 10.7. The van der Waals surface area contributed by atoms with Gasteiger partial charge in [0.05, 0.1) is 10.5 Å². The smallest absolute Gasteiger partial charge is 0.273 e. The highest BCUT2D eigenvalue weighted by atomic mass is 35.5. The number of amides is 1. The average Bonchev–Trinajstić information content (AvgIpc) is 2.97. The zero-order valence-corrected chi connectivity index (χ0v) is 9.95. The molecule has 0 aliphatic heterocycles. The van der Waals surface area contributed by atoms with Gasteiger partial charge in [0, 0.05) is 11.6 Å². The van der Waals surface area contributed by atoms with Gasteiger partial charge in [-0.15, -0.1) is 0 Å². The third kappa shape index (κ3) is 1.84. The first kappa shape index (κ1) is 10.9. The first-order valence-corrected chi connectivity index (χ1v) is 5.70. The SMILES string of the molecule is O=C(Nc1n[nH]c2ccccc12)c1cc(Cl)c[nH]1. The Balaban J connectivity index is 1.90. The Bertz CT molecular complexity index is 716. The summed E-state index contributed by atoms with van der Waals surface area (Å²) < 4.78 is 0. The van der Waals surface area contributed by atoms with E-state index in [9.17, 15) is 4.79 Å². The summed E-state index contributed by atoms with van der Waals surface area (Å²) in [7, 11) is 0. The lowest BCUT2D eigenvalue weighted by Crippen LogP contribution is -2.12. The van der Waals surface area contributed by atoms with Crippen molar-refractivity contribution in [3.8, 4) is 0 Å². The molecule has 0 unspecified atom stereocenters. The molecule has 1 aromatic carbocycles. The second-order valence-electron chi connectivity index (χ2n) is 3.80. The van der Waals surface area contributed by atoms with Gasteiger partial charge in [-0.3, -0.25) is 9.89 Å². The number of benzene rings is 1. The van der Waals surface area contributed by atoms with Crippen molar-refractivity contribution < 1.29 is 4.79 Å². The van der Waals surface area contributed by atoms with Crippen LogP contribution >= 0.6 is 11.6 Å². The second kappa shape index (κ2) is 4.19. The Morgan fingerprint density at radius 2 is 2.17 bits per heavy atom. The van der Waals surface area contributed by atoms with Crippen molar-refractivity contribution in [2.24, 2.45) is 0 Å². The molecule has 0 radical (unpaired) electrons. The van der Waals surface area contributed by atoms with E-state index in [0.717, 1.165) is 10.9 Å². The highest BCUT2D eigenvalue weighted by molar-refractivity contribution is 6.31. The summed E-state index contributed by atoms with van der Waals surface area (Å²) in [6.07, 6.45) is 1.55. The number of para-hydroxylation sites is 1. The number of hydrogen-bond donors (Lipinski definition) is 3. The number of aromatic nitrogens is 3. The molecule has 6 heteroatoms. The minimum absolute atomic E-state index is 0.279. The summed E-state index contributed by atoms with van der Waals surface area (Å²) in [5.74, 6) is 0.223. The number of carbonyl (C=O) groups is 1. The molecular weight excluding hydrogens is 252 g/mol. The van der Waals surface area contributed by atoms with E-state index in [0.29, 0.717) is 16.5 Å². The summed E-state index contributed by atoms with van der Waals surface area (Å²) in [6.45, 7) is 0. The number of nitrogens with zero attached hydrogens (tertiary/aromatic N) is 1. The van der Waals surface area contributed by atoms with Crippen LogP contribution in [0.15, 0.2) is 36.5 Å². The van der Waals surface area contributed by atoms with E-state index in [2.05, 4.69) is 20.5 Å². The largest absolute Gasteiger partial charge is 0.356 e. The van der Waals surface area contributed by atoms with Crippen LogP contribution in [0.2, 0.25) is 5.02 Å². The first-order chi connectivity index (χ1) is 8.74. The van der Waals surface area contributed by atoms with E-state index in [1.54, 1.807) is 12.3 Å². The fourth-order valence-corrected chi connectivity index (χ4v) is 1.90. The number of hydrogen-bond acceptors (Lipinski definition) is 2. The van der Waals surface area contributed by atoms with E-state index >= 15 is 0 Å². The fourth-order valence-electron chi connectivity index (χ4n) is 1.73. The van der Waals surface area contributed by atoms with Crippen LogP contribution in [0.4, 0.5) is 5.82 Å². The van der Waals surface area contributed by atoms with Gasteiger partial charge in [-0.25, -0.2) is 0 Å². The number of H-pyrrole nitrogens is 2. The Morgan fingerprint density at radius 3 is 2.94 bits per heavy atom. The van der Waals surface area contributed by atoms with Crippen LogP contribution in [-0.4, -0.2) is 21.1 Å². The Labute approximate surface area is 107 Å². The lowest BCUT2D eigenvalue weighted by atomic mass is 10.2. The predicted molar refractivity (Wildman–Crippen MR) is 69.8 cm³/mol. The van der Waals surface area contributed by atoms with Crippen molar-refractivity contribution in [3.05, 3.63) is 47.2 Å². The molecule has 0 saturated carbocycles. The molecule has 0 saturated heterocycles. The summed E-state index contributed by atoms with van der Waals surface area (Å²) in [5.41, 5.74) is 1.27. The van der Waals surface area contributed by atoms with E-state index in [1.807, 2.05) is 24.3 Å². The minimum atomic E-state index is -0.279. The molecule has 90 valence electrons. The molecule has 0 atom stereocenters. The molecule has 2 heterocycles. The van der Waals surface area contributed by atoms with Crippen molar-refractivity contribution in [1.82, 2.24) is 15.2 Å². The van der Waals surface area contributed by atoms with Crippen molar-refractivity contribution in [1.29, 1.82) is 0 Å². The van der Waals surface area contributed by atoms with Gasteiger partial charge in [-0.05, 0) is 18.2 Å². The second-order valence-corrected chi connectivity index (χ2v) is 4.24. The van der Waals surface area contributed by atoms with Gasteiger partial charge in [0.2, 0.25) is 0 Å². The van der Waals surface area contributed by atoms with Crippen LogP contribution in [0.3, 0.4) is 0 Å². The average molecular weight is 261 g/mol. The van der Waals surface area contributed by atoms with Gasteiger partial charge in [0.15, 0.2) is 5.82 Å². The fraction of sp³-hybridized carbons (Fsp3) is 0. The quantitative estimate of drug-likeness (QED) is 0.663. The zero-order valence-electron chi connectivity index (χ0n) is 9.20. The molecule has 5 nitrogen and oxygen atoms in total. The van der Waals surface area contributed by atoms with E-state index in [-0.39, 0.29) is 5.91 Å². The lowest BCUT2D eigenvalue weighted by molar-refractivity contribution is 0.102. The maximum Gasteiger partial charge on any atom is 0.273 e.